The maximum Gasteiger partial charge on any atom is -0.0102 e. The normalized spacial score (nSPS) is 63.5. The molecule has 8 saturated carbocycles. The lowest BCUT2D eigenvalue weighted by molar-refractivity contribution is -0.286. The quantitative estimate of drug-likeness (QED) is 0.410. The average Bonchev–Trinajstić information content (AvgIpc) is 2.47. The molecule has 0 spiro atoms. The first kappa shape index (κ1) is 20.1. The number of hydrogen-bond donors (Lipinski definition) is 0. The molecule has 0 saturated heterocycles. The zero-order chi connectivity index (χ0) is 21.3. The Hall–Kier alpha value is -0.520. The van der Waals surface area contributed by atoms with Crippen LogP contribution in [0.5, 0.6) is 0 Å². The number of rotatable bonds is 3. The smallest absolute Gasteiger partial charge is 0.0102 e. The van der Waals surface area contributed by atoms with Gasteiger partial charge in [0.05, 0.1) is 0 Å². The van der Waals surface area contributed by atoms with Gasteiger partial charge in [0.1, 0.15) is 0 Å². The fourth-order valence-corrected chi connectivity index (χ4v) is 13.8. The molecule has 8 bridgehead atoms. The Morgan fingerprint density at radius 2 is 0.700 bits per heavy atom. The standard InChI is InChI=1S/C30H46/c1-7-9-27-13-23(3)11-24(4,14-27)18-29(17-23,21-27)30-19-25(5)12-26(6,20-30)16-28(15-25,22-30)10-8-2/h7-10H,11-22H2,1-6H3. The summed E-state index contributed by atoms with van der Waals surface area (Å²) >= 11 is 0. The van der Waals surface area contributed by atoms with Crippen molar-refractivity contribution in [1.82, 2.24) is 0 Å². The summed E-state index contributed by atoms with van der Waals surface area (Å²) in [7, 11) is 0. The van der Waals surface area contributed by atoms with Gasteiger partial charge in [-0.15, -0.1) is 0 Å². The van der Waals surface area contributed by atoms with Gasteiger partial charge in [-0.05, 0) is 134 Å². The Bertz CT molecular complexity index is 732. The van der Waals surface area contributed by atoms with E-state index in [9.17, 15) is 0 Å². The highest BCUT2D eigenvalue weighted by atomic mass is 14.8. The lowest BCUT2D eigenvalue weighted by Gasteiger charge is -2.79. The SMILES string of the molecule is CC=CC12CC3(C)CC(C)(C1)CC(C14CC5(C)CC(C)(CC(C=CC)(C5)C1)C4)(C3)C2. The van der Waals surface area contributed by atoms with Crippen LogP contribution in [0.1, 0.15) is 119 Å². The molecule has 0 N–H and O–H groups in total. The van der Waals surface area contributed by atoms with E-state index in [1.807, 2.05) is 0 Å². The summed E-state index contributed by atoms with van der Waals surface area (Å²) in [5.74, 6) is 0. The molecule has 0 heterocycles. The maximum absolute atomic E-state index is 2.70. The van der Waals surface area contributed by atoms with Gasteiger partial charge in [0.15, 0.2) is 0 Å². The molecule has 0 aromatic rings. The van der Waals surface area contributed by atoms with Crippen LogP contribution in [0.15, 0.2) is 24.3 Å². The number of allylic oxidation sites excluding steroid dienone is 4. The van der Waals surface area contributed by atoms with Gasteiger partial charge < -0.3 is 0 Å². The Morgan fingerprint density at radius 3 is 0.967 bits per heavy atom. The van der Waals surface area contributed by atoms with Crippen molar-refractivity contribution >= 4 is 0 Å². The molecule has 8 aliphatic carbocycles. The van der Waals surface area contributed by atoms with E-state index in [0.29, 0.717) is 43.3 Å². The van der Waals surface area contributed by atoms with Crippen LogP contribution in [-0.2, 0) is 0 Å². The third-order valence-corrected chi connectivity index (χ3v) is 11.4. The van der Waals surface area contributed by atoms with Gasteiger partial charge in [-0.2, -0.15) is 0 Å². The summed E-state index contributed by atoms with van der Waals surface area (Å²) < 4.78 is 0. The predicted octanol–water partition coefficient (Wildman–Crippen LogP) is 8.87. The van der Waals surface area contributed by atoms with Gasteiger partial charge in [-0.1, -0.05) is 52.0 Å². The minimum absolute atomic E-state index is 0.492. The molecule has 8 aliphatic rings. The van der Waals surface area contributed by atoms with Crippen molar-refractivity contribution in [2.45, 2.75) is 119 Å². The van der Waals surface area contributed by atoms with Gasteiger partial charge in [0, 0.05) is 0 Å². The monoisotopic (exact) mass is 406 g/mol. The largest absolute Gasteiger partial charge is 0.0911 e. The van der Waals surface area contributed by atoms with E-state index in [4.69, 9.17) is 0 Å². The third-order valence-electron chi connectivity index (χ3n) is 11.4. The van der Waals surface area contributed by atoms with Crippen LogP contribution in [0.25, 0.3) is 0 Å². The van der Waals surface area contributed by atoms with Crippen molar-refractivity contribution < 1.29 is 0 Å². The molecular weight excluding hydrogens is 360 g/mol. The topological polar surface area (TPSA) is 0 Å². The molecule has 0 aromatic heterocycles. The summed E-state index contributed by atoms with van der Waals surface area (Å²) in [6.07, 6.45) is 28.2. The maximum atomic E-state index is 2.70. The Morgan fingerprint density at radius 1 is 0.400 bits per heavy atom. The lowest BCUT2D eigenvalue weighted by Crippen LogP contribution is -2.70. The summed E-state index contributed by atoms with van der Waals surface area (Å²) in [5.41, 5.74) is 4.44. The minimum atomic E-state index is 0.492. The van der Waals surface area contributed by atoms with Gasteiger partial charge >= 0.3 is 0 Å². The second-order valence-corrected chi connectivity index (χ2v) is 15.6. The first-order valence-corrected chi connectivity index (χ1v) is 13.1. The van der Waals surface area contributed by atoms with E-state index in [0.717, 1.165) is 0 Å². The molecule has 0 amide bonds. The van der Waals surface area contributed by atoms with Crippen LogP contribution in [-0.4, -0.2) is 0 Å². The number of hydrogen-bond acceptors (Lipinski definition) is 0. The van der Waals surface area contributed by atoms with E-state index in [2.05, 4.69) is 65.8 Å². The molecule has 0 radical (unpaired) electrons. The van der Waals surface area contributed by atoms with Crippen LogP contribution >= 0.6 is 0 Å². The van der Waals surface area contributed by atoms with Crippen molar-refractivity contribution in [3.63, 3.8) is 0 Å². The molecule has 8 rings (SSSR count). The molecule has 4 unspecified atom stereocenters. The van der Waals surface area contributed by atoms with Crippen molar-refractivity contribution in [2.75, 3.05) is 0 Å². The summed E-state index contributed by atoms with van der Waals surface area (Å²) in [5, 5.41) is 0. The molecule has 0 aliphatic heterocycles. The van der Waals surface area contributed by atoms with Gasteiger partial charge in [-0.3, -0.25) is 0 Å². The minimum Gasteiger partial charge on any atom is -0.0911 e. The van der Waals surface area contributed by atoms with Gasteiger partial charge in [0.2, 0.25) is 0 Å². The lowest BCUT2D eigenvalue weighted by atomic mass is 9.25. The van der Waals surface area contributed by atoms with Crippen molar-refractivity contribution in [3.8, 4) is 0 Å². The van der Waals surface area contributed by atoms with Crippen LogP contribution in [0, 0.1) is 43.3 Å². The highest BCUT2D eigenvalue weighted by molar-refractivity contribution is 5.29. The van der Waals surface area contributed by atoms with Crippen LogP contribution < -0.4 is 0 Å². The molecule has 4 atom stereocenters. The van der Waals surface area contributed by atoms with E-state index in [1.54, 1.807) is 0 Å². The van der Waals surface area contributed by atoms with E-state index in [1.165, 1.54) is 77.0 Å². The zero-order valence-electron chi connectivity index (χ0n) is 20.8. The molecule has 0 aromatic carbocycles. The first-order valence-electron chi connectivity index (χ1n) is 13.1. The predicted molar refractivity (Wildman–Crippen MR) is 127 cm³/mol. The first-order chi connectivity index (χ1) is 13.9. The fourth-order valence-electron chi connectivity index (χ4n) is 13.8. The summed E-state index contributed by atoms with van der Waals surface area (Å²) in [6, 6.07) is 0. The van der Waals surface area contributed by atoms with Gasteiger partial charge in [-0.25, -0.2) is 0 Å². The Balaban J connectivity index is 1.53. The molecule has 8 fully saturated rings. The molecule has 166 valence electrons. The van der Waals surface area contributed by atoms with Crippen LogP contribution in [0.4, 0.5) is 0 Å². The second kappa shape index (κ2) is 5.34. The Kier molecular flexibility index (Phi) is 3.58. The molecule has 0 heteroatoms. The van der Waals surface area contributed by atoms with Crippen LogP contribution in [0.2, 0.25) is 0 Å². The highest BCUT2D eigenvalue weighted by Crippen LogP contribution is 2.85. The molecule has 30 heavy (non-hydrogen) atoms. The summed E-state index contributed by atoms with van der Waals surface area (Å²) in [4.78, 5) is 0. The van der Waals surface area contributed by atoms with E-state index in [-0.39, 0.29) is 0 Å². The van der Waals surface area contributed by atoms with Crippen LogP contribution in [0.3, 0.4) is 0 Å². The second-order valence-electron chi connectivity index (χ2n) is 15.6. The Labute approximate surface area is 186 Å². The van der Waals surface area contributed by atoms with E-state index >= 15 is 0 Å². The average molecular weight is 407 g/mol. The molecule has 0 nitrogen and oxygen atoms in total. The summed E-state index contributed by atoms with van der Waals surface area (Å²) in [6.45, 7) is 15.3. The highest BCUT2D eigenvalue weighted by Gasteiger charge is 2.75. The molecular formula is C30H46. The van der Waals surface area contributed by atoms with Crippen molar-refractivity contribution in [3.05, 3.63) is 24.3 Å². The third kappa shape index (κ3) is 2.46. The zero-order valence-corrected chi connectivity index (χ0v) is 20.8. The van der Waals surface area contributed by atoms with E-state index < -0.39 is 0 Å². The van der Waals surface area contributed by atoms with Crippen molar-refractivity contribution in [2.24, 2.45) is 43.3 Å². The van der Waals surface area contributed by atoms with Crippen molar-refractivity contribution in [1.29, 1.82) is 0 Å². The fraction of sp³-hybridized carbons (Fsp3) is 0.867. The van der Waals surface area contributed by atoms with Gasteiger partial charge in [0.25, 0.3) is 0 Å².